The summed E-state index contributed by atoms with van der Waals surface area (Å²) in [7, 11) is 1.69. The summed E-state index contributed by atoms with van der Waals surface area (Å²) in [6.07, 6.45) is 2.08. The molecule has 0 radical (unpaired) electrons. The molecule has 0 aromatic carbocycles. The van der Waals surface area contributed by atoms with Crippen molar-refractivity contribution < 1.29 is 4.18 Å². The second-order valence-electron chi connectivity index (χ2n) is 1.79. The third-order valence-electron chi connectivity index (χ3n) is 1.12. The second-order valence-corrected chi connectivity index (χ2v) is 3.74. The number of allylic oxidation sites excluding steroid dienone is 2. The van der Waals surface area contributed by atoms with E-state index in [-0.39, 0.29) is 0 Å². The monoisotopic (exact) mass is 224 g/mol. The molecule has 0 spiro atoms. The molecular weight excluding hydrogens is 212 g/mol. The normalized spacial score (nSPS) is 13.2. The molecule has 0 bridgehead atoms. The molecule has 3 heteroatoms. The van der Waals surface area contributed by atoms with Gasteiger partial charge in [-0.3, -0.25) is 0 Å². The van der Waals surface area contributed by atoms with Crippen LogP contribution in [0.25, 0.3) is 0 Å². The Morgan fingerprint density at radius 1 is 1.40 bits per heavy atom. The maximum atomic E-state index is 4.95. The maximum absolute atomic E-state index is 4.95. The molecule has 1 nitrogen and oxygen atoms in total. The highest BCUT2D eigenvalue weighted by atomic mass is 79.9. The molecule has 0 saturated heterocycles. The first kappa shape index (κ1) is 10.5. The summed E-state index contributed by atoms with van der Waals surface area (Å²) in [4.78, 5) is 1.28. The van der Waals surface area contributed by atoms with Crippen LogP contribution in [0.2, 0.25) is 0 Å². The van der Waals surface area contributed by atoms with Crippen LogP contribution in [0.1, 0.15) is 26.7 Å². The molecule has 10 heavy (non-hydrogen) atoms. The van der Waals surface area contributed by atoms with Gasteiger partial charge in [0.05, 0.1) is 7.11 Å². The van der Waals surface area contributed by atoms with Crippen LogP contribution < -0.4 is 0 Å². The van der Waals surface area contributed by atoms with Crippen molar-refractivity contribution >= 4 is 28.0 Å². The predicted molar refractivity (Wildman–Crippen MR) is 51.1 cm³/mol. The summed E-state index contributed by atoms with van der Waals surface area (Å²) in [5.41, 5.74) is 0. The van der Waals surface area contributed by atoms with Crippen LogP contribution in [0.15, 0.2) is 9.39 Å². The van der Waals surface area contributed by atoms with E-state index in [1.807, 2.05) is 0 Å². The van der Waals surface area contributed by atoms with Gasteiger partial charge in [0.25, 0.3) is 0 Å². The van der Waals surface area contributed by atoms with Crippen LogP contribution in [0, 0.1) is 0 Å². The lowest BCUT2D eigenvalue weighted by Gasteiger charge is -2.03. The van der Waals surface area contributed by atoms with Gasteiger partial charge in [0.1, 0.15) is 0 Å². The van der Waals surface area contributed by atoms with E-state index in [2.05, 4.69) is 29.8 Å². The van der Waals surface area contributed by atoms with E-state index < -0.39 is 0 Å². The number of hydrogen-bond donors (Lipinski definition) is 0. The van der Waals surface area contributed by atoms with Crippen LogP contribution in [0.3, 0.4) is 0 Å². The Bertz CT molecular complexity index is 123. The van der Waals surface area contributed by atoms with Crippen LogP contribution in [-0.2, 0) is 4.18 Å². The molecule has 0 fully saturated rings. The Morgan fingerprint density at radius 3 is 2.30 bits per heavy atom. The molecule has 60 valence electrons. The van der Waals surface area contributed by atoms with Crippen molar-refractivity contribution in [3.63, 3.8) is 0 Å². The lowest BCUT2D eigenvalue weighted by molar-refractivity contribution is 0.492. The highest BCUT2D eigenvalue weighted by molar-refractivity contribution is 9.11. The summed E-state index contributed by atoms with van der Waals surface area (Å²) in [6.45, 7) is 4.24. The van der Waals surface area contributed by atoms with Gasteiger partial charge in [0, 0.05) is 21.4 Å². The van der Waals surface area contributed by atoms with Crippen molar-refractivity contribution in [3.8, 4) is 0 Å². The third-order valence-corrected chi connectivity index (χ3v) is 3.32. The number of hydrogen-bond acceptors (Lipinski definition) is 2. The summed E-state index contributed by atoms with van der Waals surface area (Å²) < 4.78 is 6.20. The first-order chi connectivity index (χ1) is 4.76. The van der Waals surface area contributed by atoms with Gasteiger partial charge in [-0.05, 0) is 12.8 Å². The first-order valence-electron chi connectivity index (χ1n) is 3.34. The number of rotatable bonds is 4. The van der Waals surface area contributed by atoms with Crippen molar-refractivity contribution in [2.75, 3.05) is 7.11 Å². The lowest BCUT2D eigenvalue weighted by atomic mass is 10.3. The van der Waals surface area contributed by atoms with E-state index in [1.54, 1.807) is 7.11 Å². The second kappa shape index (κ2) is 6.25. The quantitative estimate of drug-likeness (QED) is 0.674. The average molecular weight is 225 g/mol. The van der Waals surface area contributed by atoms with E-state index in [1.165, 1.54) is 21.4 Å². The standard InChI is InChI=1S/C7H13BrOS/c1-4-6(8)7(5-2)10-9-3/h4-5H2,1-3H3/b7-6+. The molecule has 0 aliphatic heterocycles. The predicted octanol–water partition coefficient (Wildman–Crippen LogP) is 3.71. The zero-order valence-corrected chi connectivity index (χ0v) is 9.01. The Balaban J connectivity index is 4.00. The Labute approximate surface area is 75.6 Å². The Kier molecular flexibility index (Phi) is 6.59. The van der Waals surface area contributed by atoms with Gasteiger partial charge in [-0.15, -0.1) is 0 Å². The Hall–Kier alpha value is 0.530. The molecule has 0 aliphatic rings. The summed E-state index contributed by atoms with van der Waals surface area (Å²) in [6, 6.07) is 0. The van der Waals surface area contributed by atoms with Crippen molar-refractivity contribution in [2.45, 2.75) is 26.7 Å². The van der Waals surface area contributed by atoms with E-state index in [4.69, 9.17) is 4.18 Å². The molecule has 0 amide bonds. The van der Waals surface area contributed by atoms with Gasteiger partial charge in [-0.25, -0.2) is 0 Å². The highest BCUT2D eigenvalue weighted by Crippen LogP contribution is 2.28. The van der Waals surface area contributed by atoms with Crippen LogP contribution >= 0.6 is 28.0 Å². The fourth-order valence-electron chi connectivity index (χ4n) is 0.594. The van der Waals surface area contributed by atoms with E-state index in [0.717, 1.165) is 12.8 Å². The van der Waals surface area contributed by atoms with Gasteiger partial charge >= 0.3 is 0 Å². The van der Waals surface area contributed by atoms with E-state index >= 15 is 0 Å². The molecule has 0 saturated carbocycles. The summed E-state index contributed by atoms with van der Waals surface area (Å²) in [5, 5.41) is 0. The highest BCUT2D eigenvalue weighted by Gasteiger charge is 1.99. The lowest BCUT2D eigenvalue weighted by Crippen LogP contribution is -1.79. The minimum atomic E-state index is 1.03. The van der Waals surface area contributed by atoms with Crippen molar-refractivity contribution in [1.29, 1.82) is 0 Å². The molecule has 0 heterocycles. The molecule has 0 rings (SSSR count). The minimum Gasteiger partial charge on any atom is -0.314 e. The molecule has 0 unspecified atom stereocenters. The largest absolute Gasteiger partial charge is 0.314 e. The smallest absolute Gasteiger partial charge is 0.0508 e. The minimum absolute atomic E-state index is 1.03. The third kappa shape index (κ3) is 3.64. The first-order valence-corrected chi connectivity index (χ1v) is 4.87. The van der Waals surface area contributed by atoms with Gasteiger partial charge < -0.3 is 4.18 Å². The summed E-state index contributed by atoms with van der Waals surface area (Å²) in [5.74, 6) is 0. The van der Waals surface area contributed by atoms with Gasteiger partial charge in [0.2, 0.25) is 0 Å². The summed E-state index contributed by atoms with van der Waals surface area (Å²) >= 11 is 4.93. The van der Waals surface area contributed by atoms with Gasteiger partial charge in [-0.2, -0.15) is 0 Å². The van der Waals surface area contributed by atoms with Crippen molar-refractivity contribution in [2.24, 2.45) is 0 Å². The topological polar surface area (TPSA) is 9.23 Å². The molecule has 0 aromatic rings. The van der Waals surface area contributed by atoms with Crippen molar-refractivity contribution in [3.05, 3.63) is 9.39 Å². The molecular formula is C7H13BrOS. The Morgan fingerprint density at radius 2 is 2.00 bits per heavy atom. The zero-order valence-electron chi connectivity index (χ0n) is 6.61. The molecule has 0 atom stereocenters. The van der Waals surface area contributed by atoms with Gasteiger partial charge in [-0.1, -0.05) is 29.8 Å². The maximum Gasteiger partial charge on any atom is 0.0508 e. The van der Waals surface area contributed by atoms with Crippen LogP contribution in [0.4, 0.5) is 0 Å². The van der Waals surface area contributed by atoms with E-state index in [0.29, 0.717) is 0 Å². The van der Waals surface area contributed by atoms with Crippen molar-refractivity contribution in [1.82, 2.24) is 0 Å². The number of halogens is 1. The fourth-order valence-corrected chi connectivity index (χ4v) is 1.63. The van der Waals surface area contributed by atoms with Crippen LogP contribution in [0.5, 0.6) is 0 Å². The SMILES string of the molecule is CC/C(Br)=C(/CC)SOC. The van der Waals surface area contributed by atoms with Crippen LogP contribution in [-0.4, -0.2) is 7.11 Å². The van der Waals surface area contributed by atoms with Gasteiger partial charge in [0.15, 0.2) is 0 Å². The fraction of sp³-hybridized carbons (Fsp3) is 0.714. The molecule has 0 N–H and O–H groups in total. The zero-order chi connectivity index (χ0) is 7.98. The van der Waals surface area contributed by atoms with E-state index in [9.17, 15) is 0 Å². The average Bonchev–Trinajstić information content (AvgIpc) is 1.99. The molecule has 0 aliphatic carbocycles. The molecule has 0 aromatic heterocycles.